The van der Waals surface area contributed by atoms with Crippen LogP contribution in [-0.4, -0.2) is 48.8 Å². The van der Waals surface area contributed by atoms with Gasteiger partial charge in [-0.2, -0.15) is 0 Å². The second-order valence-corrected chi connectivity index (χ2v) is 2.16. The quantitative estimate of drug-likeness (QED) is 0.480. The van der Waals surface area contributed by atoms with Gasteiger partial charge >= 0.3 is 12.8 Å². The van der Waals surface area contributed by atoms with Crippen LogP contribution in [0.5, 0.6) is 0 Å². The molecule has 0 bridgehead atoms. The Morgan fingerprint density at radius 3 is 1.30 bits per heavy atom. The first kappa shape index (κ1) is 7.05. The minimum Gasteiger partial charge on any atom is -0.331 e. The van der Waals surface area contributed by atoms with Crippen molar-refractivity contribution in [2.75, 3.05) is 26.2 Å². The zero-order valence-electron chi connectivity index (χ0n) is 5.54. The van der Waals surface area contributed by atoms with Gasteiger partial charge in [0.1, 0.15) is 0 Å². The Labute approximate surface area is 59.4 Å². The lowest BCUT2D eigenvalue weighted by Gasteiger charge is -2.28. The molecule has 0 aromatic rings. The van der Waals surface area contributed by atoms with Gasteiger partial charge in [-0.3, -0.25) is 9.59 Å². The highest BCUT2D eigenvalue weighted by molar-refractivity contribution is 5.51. The summed E-state index contributed by atoms with van der Waals surface area (Å²) >= 11 is 0. The van der Waals surface area contributed by atoms with E-state index in [1.807, 2.05) is 0 Å². The highest BCUT2D eigenvalue weighted by Crippen LogP contribution is 1.94. The summed E-state index contributed by atoms with van der Waals surface area (Å²) in [6, 6.07) is 0. The molecule has 1 aliphatic rings. The zero-order chi connectivity index (χ0) is 7.40. The molecule has 4 nitrogen and oxygen atoms in total. The average molecular weight is 140 g/mol. The number of amides is 2. The van der Waals surface area contributed by atoms with Gasteiger partial charge in [-0.1, -0.05) is 0 Å². The van der Waals surface area contributed by atoms with E-state index in [4.69, 9.17) is 0 Å². The summed E-state index contributed by atoms with van der Waals surface area (Å²) in [4.78, 5) is 23.1. The number of piperazine rings is 1. The van der Waals surface area contributed by atoms with Crippen LogP contribution in [0.4, 0.5) is 0 Å². The first-order valence-corrected chi connectivity index (χ1v) is 3.12. The molecule has 0 aromatic heterocycles. The molecule has 0 aromatic carbocycles. The lowest BCUT2D eigenvalue weighted by Crippen LogP contribution is -2.44. The van der Waals surface area contributed by atoms with Crippen molar-refractivity contribution in [3.63, 3.8) is 0 Å². The number of rotatable bonds is 2. The first-order valence-electron chi connectivity index (χ1n) is 3.12. The van der Waals surface area contributed by atoms with Gasteiger partial charge in [0.05, 0.1) is 0 Å². The molecule has 0 spiro atoms. The van der Waals surface area contributed by atoms with Crippen LogP contribution in [0, 0.1) is 0 Å². The summed E-state index contributed by atoms with van der Waals surface area (Å²) in [5.74, 6) is 0. The summed E-state index contributed by atoms with van der Waals surface area (Å²) in [5.41, 5.74) is 0. The molecule has 0 saturated carbocycles. The van der Waals surface area contributed by atoms with Crippen molar-refractivity contribution in [3.05, 3.63) is 0 Å². The monoisotopic (exact) mass is 140 g/mol. The standard InChI is InChI=1S/C6H8N2O2/c9-5-7-1-2-8(6-10)4-3-7/h1-4H2. The molecule has 1 fully saturated rings. The van der Waals surface area contributed by atoms with Crippen LogP contribution in [0.2, 0.25) is 0 Å². The highest BCUT2D eigenvalue weighted by atomic mass is 16.1. The Kier molecular flexibility index (Phi) is 2.25. The second-order valence-electron chi connectivity index (χ2n) is 2.16. The maximum atomic E-state index is 10.0. The van der Waals surface area contributed by atoms with Crippen molar-refractivity contribution in [3.8, 4) is 0 Å². The fraction of sp³-hybridized carbons (Fsp3) is 0.667. The highest BCUT2D eigenvalue weighted by Gasteiger charge is 2.13. The van der Waals surface area contributed by atoms with E-state index >= 15 is 0 Å². The van der Waals surface area contributed by atoms with Crippen molar-refractivity contribution >= 4 is 12.8 Å². The fourth-order valence-corrected chi connectivity index (χ4v) is 0.889. The smallest absolute Gasteiger partial charge is 0.312 e. The lowest BCUT2D eigenvalue weighted by molar-refractivity contribution is 0.242. The predicted molar refractivity (Wildman–Crippen MR) is 34.5 cm³/mol. The topological polar surface area (TPSA) is 40.6 Å². The summed E-state index contributed by atoms with van der Waals surface area (Å²) < 4.78 is 0. The van der Waals surface area contributed by atoms with Crippen molar-refractivity contribution in [1.29, 1.82) is 0 Å². The van der Waals surface area contributed by atoms with Crippen LogP contribution in [0.25, 0.3) is 0 Å². The molecule has 10 heavy (non-hydrogen) atoms. The van der Waals surface area contributed by atoms with Crippen molar-refractivity contribution < 1.29 is 9.59 Å². The van der Waals surface area contributed by atoms with E-state index in [0.717, 1.165) is 0 Å². The van der Waals surface area contributed by atoms with Crippen LogP contribution in [0.1, 0.15) is 0 Å². The third kappa shape index (κ3) is 1.46. The Bertz CT molecular complexity index is 114. The van der Waals surface area contributed by atoms with Crippen LogP contribution < -0.4 is 0 Å². The van der Waals surface area contributed by atoms with E-state index < -0.39 is 0 Å². The van der Waals surface area contributed by atoms with Gasteiger partial charge < -0.3 is 9.80 Å². The normalized spacial score (nSPS) is 18.8. The molecule has 4 heteroatoms. The number of nitrogens with zero attached hydrogens (tertiary/aromatic N) is 2. The number of hydrogen-bond donors (Lipinski definition) is 0. The van der Waals surface area contributed by atoms with Gasteiger partial charge in [0.25, 0.3) is 0 Å². The predicted octanol–water partition coefficient (Wildman–Crippen LogP) is -1.26. The number of hydrogen-bond acceptors (Lipinski definition) is 2. The van der Waals surface area contributed by atoms with Crippen molar-refractivity contribution in [2.45, 2.75) is 0 Å². The Hall–Kier alpha value is -1.06. The molecule has 0 unspecified atom stereocenters. The summed E-state index contributed by atoms with van der Waals surface area (Å²) in [5, 5.41) is 0. The fourth-order valence-electron chi connectivity index (χ4n) is 0.889. The van der Waals surface area contributed by atoms with Crippen LogP contribution in [-0.2, 0) is 9.59 Å². The largest absolute Gasteiger partial charge is 0.331 e. The molecular weight excluding hydrogens is 132 g/mol. The zero-order valence-corrected chi connectivity index (χ0v) is 5.54. The van der Waals surface area contributed by atoms with Gasteiger partial charge in [0, 0.05) is 26.2 Å². The summed E-state index contributed by atoms with van der Waals surface area (Å²) in [6.45, 7) is 2.33. The van der Waals surface area contributed by atoms with Crippen molar-refractivity contribution in [2.24, 2.45) is 0 Å². The third-order valence-electron chi connectivity index (χ3n) is 1.54. The molecule has 0 aliphatic carbocycles. The van der Waals surface area contributed by atoms with Crippen LogP contribution in [0.15, 0.2) is 0 Å². The van der Waals surface area contributed by atoms with Gasteiger partial charge in [-0.25, -0.2) is 0 Å². The number of carbonyl (C=O) groups excluding carboxylic acids is 2. The SMILES string of the molecule is O=[C]N1CCN([C]=O)CC1. The molecule has 0 N–H and O–H groups in total. The maximum Gasteiger partial charge on any atom is 0.312 e. The van der Waals surface area contributed by atoms with Crippen LogP contribution in [0.3, 0.4) is 0 Å². The van der Waals surface area contributed by atoms with E-state index in [1.54, 1.807) is 12.8 Å². The van der Waals surface area contributed by atoms with E-state index in [-0.39, 0.29) is 0 Å². The molecule has 2 radical (unpaired) electrons. The minimum atomic E-state index is 0.582. The van der Waals surface area contributed by atoms with Crippen molar-refractivity contribution in [1.82, 2.24) is 9.80 Å². The average Bonchev–Trinajstić information content (AvgIpc) is 2.05. The molecule has 0 atom stereocenters. The van der Waals surface area contributed by atoms with Gasteiger partial charge in [0.15, 0.2) is 0 Å². The molecule has 1 saturated heterocycles. The second kappa shape index (κ2) is 3.20. The van der Waals surface area contributed by atoms with Gasteiger partial charge in [-0.15, -0.1) is 0 Å². The molecule has 54 valence electrons. The van der Waals surface area contributed by atoms with E-state index in [1.165, 1.54) is 9.80 Å². The third-order valence-corrected chi connectivity index (χ3v) is 1.54. The minimum absolute atomic E-state index is 0.582. The van der Waals surface area contributed by atoms with Gasteiger partial charge in [0.2, 0.25) is 0 Å². The molecule has 1 aliphatic heterocycles. The Morgan fingerprint density at radius 1 is 0.800 bits per heavy atom. The first-order chi connectivity index (χ1) is 4.86. The molecule has 1 rings (SSSR count). The van der Waals surface area contributed by atoms with Gasteiger partial charge in [-0.05, 0) is 0 Å². The van der Waals surface area contributed by atoms with E-state index in [2.05, 4.69) is 0 Å². The summed E-state index contributed by atoms with van der Waals surface area (Å²) in [6.07, 6.45) is 3.55. The van der Waals surface area contributed by atoms with E-state index in [9.17, 15) is 9.59 Å². The molecule has 2 amide bonds. The summed E-state index contributed by atoms with van der Waals surface area (Å²) in [7, 11) is 0. The Morgan fingerprint density at radius 2 is 1.10 bits per heavy atom. The Balaban J connectivity index is 2.30. The molecule has 1 heterocycles. The van der Waals surface area contributed by atoms with E-state index in [0.29, 0.717) is 26.2 Å². The lowest BCUT2D eigenvalue weighted by atomic mass is 10.4. The molecular formula is C6H8N2O2. The maximum absolute atomic E-state index is 10.0. The van der Waals surface area contributed by atoms with Crippen LogP contribution >= 0.6 is 0 Å².